The fourth-order valence-electron chi connectivity index (χ4n) is 4.52. The van der Waals surface area contributed by atoms with E-state index in [1.54, 1.807) is 12.3 Å². The molecular weight excluding hydrogens is 438 g/mol. The summed E-state index contributed by atoms with van der Waals surface area (Å²) in [5, 5.41) is 0.817. The molecule has 0 bridgehead atoms. The van der Waals surface area contributed by atoms with Crippen molar-refractivity contribution in [2.24, 2.45) is 4.99 Å². The molecule has 0 radical (unpaired) electrons. The van der Waals surface area contributed by atoms with E-state index in [1.807, 2.05) is 31.2 Å². The van der Waals surface area contributed by atoms with E-state index in [2.05, 4.69) is 35.6 Å². The molecule has 2 saturated heterocycles. The van der Waals surface area contributed by atoms with Gasteiger partial charge in [0.2, 0.25) is 5.90 Å². The lowest BCUT2D eigenvalue weighted by Crippen LogP contribution is -2.54. The molecule has 172 valence electrons. The van der Waals surface area contributed by atoms with Crippen LogP contribution in [-0.2, 0) is 22.5 Å². The third-order valence-electron chi connectivity index (χ3n) is 6.32. The van der Waals surface area contributed by atoms with Gasteiger partial charge in [0, 0.05) is 37.5 Å². The van der Waals surface area contributed by atoms with E-state index in [9.17, 15) is 4.39 Å². The quantitative estimate of drug-likeness (QED) is 0.648. The molecule has 2 unspecified atom stereocenters. The van der Waals surface area contributed by atoms with E-state index in [0.717, 1.165) is 54.1 Å². The minimum absolute atomic E-state index is 0.229. The van der Waals surface area contributed by atoms with Crippen LogP contribution in [-0.4, -0.2) is 53.0 Å². The van der Waals surface area contributed by atoms with Gasteiger partial charge in [-0.2, -0.15) is 4.99 Å². The van der Waals surface area contributed by atoms with Crippen molar-refractivity contribution < 1.29 is 13.9 Å². The van der Waals surface area contributed by atoms with Crippen molar-refractivity contribution in [1.29, 1.82) is 0 Å². The first-order valence-corrected chi connectivity index (χ1v) is 11.8. The second-order valence-corrected chi connectivity index (χ2v) is 9.27. The highest BCUT2D eigenvalue weighted by molar-refractivity contribution is 7.27. The van der Waals surface area contributed by atoms with Crippen LogP contribution >= 0.6 is 9.24 Å². The van der Waals surface area contributed by atoms with Crippen molar-refractivity contribution >= 4 is 20.4 Å². The number of rotatable bonds is 4. The summed E-state index contributed by atoms with van der Waals surface area (Å²) in [6.07, 6.45) is 5.27. The molecule has 2 atom stereocenters. The summed E-state index contributed by atoms with van der Waals surface area (Å²) in [4.78, 5) is 13.3. The Balaban J connectivity index is 1.29. The van der Waals surface area contributed by atoms with E-state index < -0.39 is 0 Å². The van der Waals surface area contributed by atoms with Crippen LogP contribution in [0.1, 0.15) is 28.8 Å². The van der Waals surface area contributed by atoms with E-state index in [1.165, 1.54) is 0 Å². The number of hydrogen-bond acceptors (Lipinski definition) is 6. The number of pyridine rings is 1. The van der Waals surface area contributed by atoms with Gasteiger partial charge in [-0.25, -0.2) is 4.39 Å². The standard InChI is InChI=1S/C25H28FN4O2P/c1-16-3-4-18(13-27-16)9-21-22(26)10-19(11-23(21)33)14-32-24-12-25-29(17(2)28-24)6-5-20-15-31-8-7-30(20)25/h3-4,10-13,20H,2,5-9,14-15,33H2,1H3. The second kappa shape index (κ2) is 9.24. The number of fused-ring (bicyclic) bond motifs is 3. The van der Waals surface area contributed by atoms with E-state index in [4.69, 9.17) is 9.47 Å². The highest BCUT2D eigenvalue weighted by atomic mass is 31.0. The molecule has 1 aromatic carbocycles. The number of hydrogen-bond donors (Lipinski definition) is 0. The molecule has 2 fully saturated rings. The van der Waals surface area contributed by atoms with Gasteiger partial charge in [-0.1, -0.05) is 12.6 Å². The summed E-state index contributed by atoms with van der Waals surface area (Å²) in [5.74, 6) is 1.99. The zero-order chi connectivity index (χ0) is 22.9. The van der Waals surface area contributed by atoms with Crippen molar-refractivity contribution in [3.8, 4) is 0 Å². The van der Waals surface area contributed by atoms with Crippen LogP contribution in [0.15, 0.2) is 59.8 Å². The number of morpholine rings is 1. The minimum Gasteiger partial charge on any atom is -0.473 e. The number of nitrogens with zero attached hydrogens (tertiary/aromatic N) is 4. The number of halogens is 1. The molecule has 0 spiro atoms. The van der Waals surface area contributed by atoms with Crippen LogP contribution in [0, 0.1) is 12.7 Å². The predicted octanol–water partition coefficient (Wildman–Crippen LogP) is 3.27. The Morgan fingerprint density at radius 1 is 1.27 bits per heavy atom. The van der Waals surface area contributed by atoms with Gasteiger partial charge in [0.25, 0.3) is 0 Å². The molecule has 0 saturated carbocycles. The molecule has 2 aromatic rings. The molecular formula is C25H28FN4O2P. The van der Waals surface area contributed by atoms with Crippen LogP contribution in [0.4, 0.5) is 4.39 Å². The monoisotopic (exact) mass is 466 g/mol. The molecule has 5 rings (SSSR count). The van der Waals surface area contributed by atoms with Gasteiger partial charge in [0.1, 0.15) is 24.1 Å². The number of aromatic nitrogens is 1. The smallest absolute Gasteiger partial charge is 0.219 e. The SMILES string of the molecule is C=C1N=C(OCc2cc(F)c(Cc3ccc(C)nc3)c(P)c2)C=C2N1CCC1COCCN21. The van der Waals surface area contributed by atoms with E-state index in [0.29, 0.717) is 36.4 Å². The summed E-state index contributed by atoms with van der Waals surface area (Å²) in [6, 6.07) is 7.79. The van der Waals surface area contributed by atoms with Crippen molar-refractivity contribution in [1.82, 2.24) is 14.8 Å². The third-order valence-corrected chi connectivity index (χ3v) is 6.83. The molecule has 3 aliphatic rings. The molecule has 3 aliphatic heterocycles. The lowest BCUT2D eigenvalue weighted by atomic mass is 10.0. The third kappa shape index (κ3) is 4.66. The zero-order valence-electron chi connectivity index (χ0n) is 18.8. The number of aryl methyl sites for hydroxylation is 1. The molecule has 33 heavy (non-hydrogen) atoms. The Kier molecular flexibility index (Phi) is 6.17. The van der Waals surface area contributed by atoms with Crippen molar-refractivity contribution in [3.05, 3.63) is 83.0 Å². The minimum atomic E-state index is -0.246. The highest BCUT2D eigenvalue weighted by Gasteiger charge is 2.35. The Bertz CT molecular complexity index is 1110. The number of aliphatic imine (C=N–C) groups is 1. The second-order valence-electron chi connectivity index (χ2n) is 8.65. The first kappa shape index (κ1) is 22.1. The molecule has 8 heteroatoms. The van der Waals surface area contributed by atoms with Crippen LogP contribution < -0.4 is 5.30 Å². The van der Waals surface area contributed by atoms with Crippen molar-refractivity contribution in [2.45, 2.75) is 32.4 Å². The van der Waals surface area contributed by atoms with Crippen LogP contribution in [0.3, 0.4) is 0 Å². The van der Waals surface area contributed by atoms with Gasteiger partial charge in [-0.05, 0) is 53.5 Å². The van der Waals surface area contributed by atoms with Gasteiger partial charge >= 0.3 is 0 Å². The Labute approximate surface area is 196 Å². The summed E-state index contributed by atoms with van der Waals surface area (Å²) in [7, 11) is 2.64. The molecule has 0 N–H and O–H groups in total. The van der Waals surface area contributed by atoms with E-state index in [-0.39, 0.29) is 12.4 Å². The van der Waals surface area contributed by atoms with Gasteiger partial charge in [0.05, 0.1) is 19.3 Å². The van der Waals surface area contributed by atoms with Crippen LogP contribution in [0.5, 0.6) is 0 Å². The van der Waals surface area contributed by atoms with Crippen molar-refractivity contribution in [2.75, 3.05) is 26.3 Å². The Morgan fingerprint density at radius 3 is 2.94 bits per heavy atom. The first-order chi connectivity index (χ1) is 16.0. The maximum absolute atomic E-state index is 14.9. The number of benzene rings is 1. The molecule has 1 aromatic heterocycles. The average Bonchev–Trinajstić information content (AvgIpc) is 2.81. The van der Waals surface area contributed by atoms with Gasteiger partial charge < -0.3 is 19.3 Å². The predicted molar refractivity (Wildman–Crippen MR) is 130 cm³/mol. The molecule has 0 aliphatic carbocycles. The largest absolute Gasteiger partial charge is 0.473 e. The molecule has 6 nitrogen and oxygen atoms in total. The van der Waals surface area contributed by atoms with Gasteiger partial charge in [0.15, 0.2) is 0 Å². The Morgan fingerprint density at radius 2 is 2.15 bits per heavy atom. The Hall–Kier alpha value is -2.76. The van der Waals surface area contributed by atoms with Gasteiger partial charge in [-0.3, -0.25) is 4.98 Å². The highest BCUT2D eigenvalue weighted by Crippen LogP contribution is 2.31. The summed E-state index contributed by atoms with van der Waals surface area (Å²) < 4.78 is 26.6. The first-order valence-electron chi connectivity index (χ1n) is 11.2. The van der Waals surface area contributed by atoms with E-state index >= 15 is 0 Å². The fourth-order valence-corrected chi connectivity index (χ4v) is 4.97. The van der Waals surface area contributed by atoms with Gasteiger partial charge in [-0.15, -0.1) is 9.24 Å². The maximum atomic E-state index is 14.9. The zero-order valence-corrected chi connectivity index (χ0v) is 19.9. The molecule has 4 heterocycles. The fraction of sp³-hybridized carbons (Fsp3) is 0.360. The summed E-state index contributed by atoms with van der Waals surface area (Å²) in [5.41, 5.74) is 3.33. The summed E-state index contributed by atoms with van der Waals surface area (Å²) in [6.45, 7) is 9.45. The van der Waals surface area contributed by atoms with Crippen LogP contribution in [0.2, 0.25) is 0 Å². The average molecular weight is 466 g/mol. The molecule has 0 amide bonds. The summed E-state index contributed by atoms with van der Waals surface area (Å²) >= 11 is 0. The lowest BCUT2D eigenvalue weighted by molar-refractivity contribution is -0.0245. The topological polar surface area (TPSA) is 50.2 Å². The van der Waals surface area contributed by atoms with Crippen molar-refractivity contribution in [3.63, 3.8) is 0 Å². The lowest BCUT2D eigenvalue weighted by Gasteiger charge is -2.48. The van der Waals surface area contributed by atoms with Crippen LogP contribution in [0.25, 0.3) is 0 Å². The number of ether oxygens (including phenoxy) is 2. The normalized spacial score (nSPS) is 20.1. The maximum Gasteiger partial charge on any atom is 0.219 e.